The van der Waals surface area contributed by atoms with Gasteiger partial charge in [-0.15, -0.1) is 0 Å². The van der Waals surface area contributed by atoms with Gasteiger partial charge >= 0.3 is 0 Å². The number of pyridine rings is 1. The molecule has 2 rings (SSSR count). The van der Waals surface area contributed by atoms with E-state index in [1.54, 1.807) is 19.1 Å². The number of anilines is 2. The monoisotopic (exact) mass is 303 g/mol. The van der Waals surface area contributed by atoms with Crippen molar-refractivity contribution in [3.05, 3.63) is 52.7 Å². The first-order chi connectivity index (χ1) is 9.95. The lowest BCUT2D eigenvalue weighted by Crippen LogP contribution is -2.32. The second-order valence-electron chi connectivity index (χ2n) is 5.02. The third kappa shape index (κ3) is 4.20. The molecule has 2 N–H and O–H groups in total. The third-order valence-electron chi connectivity index (χ3n) is 3.26. The number of hydrogen-bond acceptors (Lipinski definition) is 3. The molecule has 1 atom stereocenters. The summed E-state index contributed by atoms with van der Waals surface area (Å²) in [5, 5.41) is 6.46. The molecule has 0 unspecified atom stereocenters. The Balaban J connectivity index is 1.98. The zero-order valence-electron chi connectivity index (χ0n) is 12.3. The highest BCUT2D eigenvalue weighted by atomic mass is 35.5. The maximum Gasteiger partial charge on any atom is 0.247 e. The molecule has 0 spiro atoms. The lowest BCUT2D eigenvalue weighted by Gasteiger charge is -2.16. The number of carbonyl (C=O) groups is 1. The molecule has 1 aromatic heterocycles. The molecular weight excluding hydrogens is 286 g/mol. The molecule has 110 valence electrons. The maximum absolute atomic E-state index is 12.1. The van der Waals surface area contributed by atoms with E-state index >= 15 is 0 Å². The van der Waals surface area contributed by atoms with E-state index in [2.05, 4.69) is 22.5 Å². The fourth-order valence-electron chi connectivity index (χ4n) is 1.83. The van der Waals surface area contributed by atoms with Crippen LogP contribution in [0.2, 0.25) is 5.02 Å². The Morgan fingerprint density at radius 3 is 2.57 bits per heavy atom. The van der Waals surface area contributed by atoms with E-state index in [0.29, 0.717) is 10.8 Å². The second kappa shape index (κ2) is 6.59. The van der Waals surface area contributed by atoms with Gasteiger partial charge in [-0.3, -0.25) is 4.79 Å². The van der Waals surface area contributed by atoms with Gasteiger partial charge in [0.1, 0.15) is 11.9 Å². The van der Waals surface area contributed by atoms with Gasteiger partial charge in [-0.2, -0.15) is 0 Å². The Morgan fingerprint density at radius 1 is 1.19 bits per heavy atom. The Hall–Kier alpha value is -2.07. The summed E-state index contributed by atoms with van der Waals surface area (Å²) in [7, 11) is 0. The molecule has 0 saturated heterocycles. The van der Waals surface area contributed by atoms with Gasteiger partial charge in [0.25, 0.3) is 0 Å². The average Bonchev–Trinajstić information content (AvgIpc) is 2.45. The number of nitrogens with zero attached hydrogens (tertiary/aromatic N) is 1. The van der Waals surface area contributed by atoms with Gasteiger partial charge in [0, 0.05) is 11.9 Å². The highest BCUT2D eigenvalue weighted by Gasteiger charge is 2.13. The van der Waals surface area contributed by atoms with Crippen LogP contribution in [0.4, 0.5) is 11.5 Å². The number of aromatic nitrogens is 1. The Labute approximate surface area is 129 Å². The Kier molecular flexibility index (Phi) is 4.81. The van der Waals surface area contributed by atoms with Crippen molar-refractivity contribution < 1.29 is 4.79 Å². The van der Waals surface area contributed by atoms with Crippen LogP contribution in [0.3, 0.4) is 0 Å². The van der Waals surface area contributed by atoms with Crippen LogP contribution in [0.15, 0.2) is 36.5 Å². The molecule has 0 radical (unpaired) electrons. The van der Waals surface area contributed by atoms with Gasteiger partial charge in [-0.05, 0) is 56.2 Å². The van der Waals surface area contributed by atoms with Crippen LogP contribution in [0.5, 0.6) is 0 Å². The van der Waals surface area contributed by atoms with Crippen LogP contribution in [-0.2, 0) is 4.79 Å². The molecule has 21 heavy (non-hydrogen) atoms. The SMILES string of the molecule is Cc1ccc(N[C@H](C)C(=O)Nc2ccc(Cl)cn2)cc1C. The number of hydrogen-bond donors (Lipinski definition) is 2. The fraction of sp³-hybridized carbons (Fsp3) is 0.250. The van der Waals surface area contributed by atoms with E-state index in [4.69, 9.17) is 11.6 Å². The number of rotatable bonds is 4. The number of carbonyl (C=O) groups excluding carboxylic acids is 1. The van der Waals surface area contributed by atoms with Crippen LogP contribution >= 0.6 is 11.6 Å². The molecule has 0 aliphatic carbocycles. The van der Waals surface area contributed by atoms with E-state index in [-0.39, 0.29) is 11.9 Å². The summed E-state index contributed by atoms with van der Waals surface area (Å²) in [6, 6.07) is 9.01. The molecule has 0 fully saturated rings. The van der Waals surface area contributed by atoms with Crippen LogP contribution in [0.1, 0.15) is 18.1 Å². The zero-order chi connectivity index (χ0) is 15.4. The summed E-state index contributed by atoms with van der Waals surface area (Å²) in [6.45, 7) is 5.91. The normalized spacial score (nSPS) is 11.8. The van der Waals surface area contributed by atoms with E-state index in [0.717, 1.165) is 5.69 Å². The molecule has 0 bridgehead atoms. The lowest BCUT2D eigenvalue weighted by molar-refractivity contribution is -0.116. The van der Waals surface area contributed by atoms with Crippen LogP contribution in [-0.4, -0.2) is 16.9 Å². The number of nitrogens with one attached hydrogen (secondary N) is 2. The molecule has 2 aromatic rings. The van der Waals surface area contributed by atoms with Gasteiger partial charge in [-0.1, -0.05) is 17.7 Å². The lowest BCUT2D eigenvalue weighted by atomic mass is 10.1. The summed E-state index contributed by atoms with van der Waals surface area (Å²) >= 11 is 5.76. The average molecular weight is 304 g/mol. The van der Waals surface area contributed by atoms with Gasteiger partial charge in [0.2, 0.25) is 5.91 Å². The van der Waals surface area contributed by atoms with Gasteiger partial charge in [0.05, 0.1) is 5.02 Å². The Bertz CT molecular complexity index is 640. The first kappa shape index (κ1) is 15.3. The van der Waals surface area contributed by atoms with Crippen molar-refractivity contribution in [3.8, 4) is 0 Å². The molecule has 1 amide bonds. The quantitative estimate of drug-likeness (QED) is 0.903. The van der Waals surface area contributed by atoms with Crippen LogP contribution in [0.25, 0.3) is 0 Å². The van der Waals surface area contributed by atoms with Crippen molar-refractivity contribution in [2.75, 3.05) is 10.6 Å². The maximum atomic E-state index is 12.1. The summed E-state index contributed by atoms with van der Waals surface area (Å²) in [4.78, 5) is 16.1. The topological polar surface area (TPSA) is 54.0 Å². The van der Waals surface area contributed by atoms with Gasteiger partial charge in [0.15, 0.2) is 0 Å². The molecule has 0 saturated carbocycles. The predicted octanol–water partition coefficient (Wildman–Crippen LogP) is 3.79. The van der Waals surface area contributed by atoms with Crippen LogP contribution < -0.4 is 10.6 Å². The van der Waals surface area contributed by atoms with E-state index < -0.39 is 0 Å². The number of benzene rings is 1. The summed E-state index contributed by atoms with van der Waals surface area (Å²) in [6.07, 6.45) is 1.50. The van der Waals surface area contributed by atoms with Crippen molar-refractivity contribution in [1.82, 2.24) is 4.98 Å². The molecule has 0 aliphatic heterocycles. The number of aryl methyl sites for hydroxylation is 2. The molecule has 1 heterocycles. The third-order valence-corrected chi connectivity index (χ3v) is 3.49. The molecule has 1 aromatic carbocycles. The van der Waals surface area contributed by atoms with Crippen molar-refractivity contribution >= 4 is 29.0 Å². The number of halogens is 1. The molecule has 0 aliphatic rings. The molecular formula is C16H18ClN3O. The van der Waals surface area contributed by atoms with E-state index in [1.807, 2.05) is 25.1 Å². The van der Waals surface area contributed by atoms with Gasteiger partial charge < -0.3 is 10.6 Å². The van der Waals surface area contributed by atoms with Crippen molar-refractivity contribution in [1.29, 1.82) is 0 Å². The largest absolute Gasteiger partial charge is 0.374 e. The first-order valence-electron chi connectivity index (χ1n) is 6.72. The Morgan fingerprint density at radius 2 is 1.95 bits per heavy atom. The van der Waals surface area contributed by atoms with Crippen molar-refractivity contribution in [2.45, 2.75) is 26.8 Å². The van der Waals surface area contributed by atoms with Crippen molar-refractivity contribution in [2.24, 2.45) is 0 Å². The fourth-order valence-corrected chi connectivity index (χ4v) is 1.94. The predicted molar refractivity (Wildman–Crippen MR) is 86.9 cm³/mol. The zero-order valence-corrected chi connectivity index (χ0v) is 13.0. The van der Waals surface area contributed by atoms with Gasteiger partial charge in [-0.25, -0.2) is 4.98 Å². The summed E-state index contributed by atoms with van der Waals surface area (Å²) in [5.41, 5.74) is 3.33. The van der Waals surface area contributed by atoms with Crippen molar-refractivity contribution in [3.63, 3.8) is 0 Å². The minimum absolute atomic E-state index is 0.150. The second-order valence-corrected chi connectivity index (χ2v) is 5.45. The summed E-state index contributed by atoms with van der Waals surface area (Å²) < 4.78 is 0. The first-order valence-corrected chi connectivity index (χ1v) is 7.09. The standard InChI is InChI=1S/C16H18ClN3O/c1-10-4-6-14(8-11(10)2)19-12(3)16(21)20-15-7-5-13(17)9-18-15/h4-9,12,19H,1-3H3,(H,18,20,21)/t12-/m1/s1. The van der Waals surface area contributed by atoms with Crippen LogP contribution in [0, 0.1) is 13.8 Å². The minimum Gasteiger partial charge on any atom is -0.374 e. The van der Waals surface area contributed by atoms with E-state index in [1.165, 1.54) is 17.3 Å². The smallest absolute Gasteiger partial charge is 0.247 e. The molecule has 4 nitrogen and oxygen atoms in total. The van der Waals surface area contributed by atoms with E-state index in [9.17, 15) is 4.79 Å². The molecule has 5 heteroatoms. The summed E-state index contributed by atoms with van der Waals surface area (Å²) in [5.74, 6) is 0.334. The minimum atomic E-state index is -0.371. The number of amides is 1. The highest BCUT2D eigenvalue weighted by molar-refractivity contribution is 6.30. The highest BCUT2D eigenvalue weighted by Crippen LogP contribution is 2.15.